The summed E-state index contributed by atoms with van der Waals surface area (Å²) in [5.74, 6) is -0.331. The number of hydrogen-bond donors (Lipinski definition) is 1. The van der Waals surface area contributed by atoms with Gasteiger partial charge in [0, 0.05) is 6.54 Å². The summed E-state index contributed by atoms with van der Waals surface area (Å²) in [7, 11) is 1.37. The number of methoxy groups -OCH3 is 1. The van der Waals surface area contributed by atoms with E-state index >= 15 is 0 Å². The number of carbonyl (C=O) groups excluding carboxylic acids is 1. The van der Waals surface area contributed by atoms with Gasteiger partial charge in [0.15, 0.2) is 0 Å². The maximum absolute atomic E-state index is 11.3. The molecule has 0 aromatic carbocycles. The van der Waals surface area contributed by atoms with E-state index in [4.69, 9.17) is 5.73 Å². The summed E-state index contributed by atoms with van der Waals surface area (Å²) in [4.78, 5) is 11.3. The summed E-state index contributed by atoms with van der Waals surface area (Å²) >= 11 is 0. The van der Waals surface area contributed by atoms with Crippen molar-refractivity contribution in [3.05, 3.63) is 35.5 Å². The molecule has 0 spiro atoms. The highest BCUT2D eigenvalue weighted by Crippen LogP contribution is 2.09. The Bertz CT molecular complexity index is 275. The number of hydrogen-bond acceptors (Lipinski definition) is 3. The third kappa shape index (κ3) is 4.05. The van der Waals surface area contributed by atoms with Crippen LogP contribution >= 0.6 is 0 Å². The van der Waals surface area contributed by atoms with E-state index < -0.39 is 0 Å². The first-order chi connectivity index (χ1) is 6.67. The molecule has 78 valence electrons. The van der Waals surface area contributed by atoms with E-state index in [0.29, 0.717) is 12.1 Å². The second-order valence-corrected chi connectivity index (χ2v) is 2.73. The van der Waals surface area contributed by atoms with Crippen molar-refractivity contribution in [2.75, 3.05) is 13.7 Å². The molecular weight excluding hydrogens is 178 g/mol. The Kier molecular flexibility index (Phi) is 6.41. The Balaban J connectivity index is 4.94. The van der Waals surface area contributed by atoms with Crippen LogP contribution in [0.4, 0.5) is 0 Å². The number of nitrogens with two attached hydrogens (primary N) is 1. The van der Waals surface area contributed by atoms with Crippen LogP contribution in [-0.2, 0) is 9.53 Å². The summed E-state index contributed by atoms with van der Waals surface area (Å²) in [6.07, 6.45) is 7.13. The zero-order chi connectivity index (χ0) is 11.0. The molecule has 0 aliphatic rings. The molecule has 0 radical (unpaired) electrons. The van der Waals surface area contributed by atoms with Gasteiger partial charge in [-0.1, -0.05) is 24.3 Å². The molecule has 0 bridgehead atoms. The summed E-state index contributed by atoms with van der Waals surface area (Å²) in [5.41, 5.74) is 6.72. The number of ether oxygens (including phenoxy) is 1. The van der Waals surface area contributed by atoms with Crippen LogP contribution in [0.25, 0.3) is 0 Å². The van der Waals surface area contributed by atoms with Crippen molar-refractivity contribution >= 4 is 5.97 Å². The standard InChI is InChI=1S/C11H17NO2/c1-4-6-10(11(13)14-3)9(2)7-5-8-12/h4-7H,8,12H2,1-3H3/b6-4-,7-5+,10-9+. The third-order valence-electron chi connectivity index (χ3n) is 1.67. The van der Waals surface area contributed by atoms with Crippen molar-refractivity contribution in [1.82, 2.24) is 0 Å². The van der Waals surface area contributed by atoms with Crippen molar-refractivity contribution in [3.63, 3.8) is 0 Å². The number of carbonyl (C=O) groups is 1. The monoisotopic (exact) mass is 195 g/mol. The normalized spacial score (nSPS) is 13.4. The van der Waals surface area contributed by atoms with E-state index in [2.05, 4.69) is 4.74 Å². The Morgan fingerprint density at radius 2 is 2.07 bits per heavy atom. The molecule has 0 rings (SSSR count). The lowest BCUT2D eigenvalue weighted by atomic mass is 10.1. The smallest absolute Gasteiger partial charge is 0.338 e. The molecule has 0 saturated carbocycles. The van der Waals surface area contributed by atoms with Crippen molar-refractivity contribution in [3.8, 4) is 0 Å². The predicted octanol–water partition coefficient (Wildman–Crippen LogP) is 1.57. The summed E-state index contributed by atoms with van der Waals surface area (Å²) in [6, 6.07) is 0. The maximum Gasteiger partial charge on any atom is 0.338 e. The van der Waals surface area contributed by atoms with Crippen LogP contribution in [-0.4, -0.2) is 19.6 Å². The van der Waals surface area contributed by atoms with Gasteiger partial charge in [0.25, 0.3) is 0 Å². The zero-order valence-corrected chi connectivity index (χ0v) is 8.91. The third-order valence-corrected chi connectivity index (χ3v) is 1.67. The highest BCUT2D eigenvalue weighted by molar-refractivity contribution is 5.92. The molecule has 0 aliphatic carbocycles. The van der Waals surface area contributed by atoms with E-state index in [9.17, 15) is 4.79 Å². The number of rotatable bonds is 4. The molecule has 0 aromatic heterocycles. The predicted molar refractivity (Wildman–Crippen MR) is 57.7 cm³/mol. The molecule has 0 amide bonds. The highest BCUT2D eigenvalue weighted by atomic mass is 16.5. The first kappa shape index (κ1) is 12.7. The average molecular weight is 195 g/mol. The van der Waals surface area contributed by atoms with Crippen LogP contribution in [0.5, 0.6) is 0 Å². The molecule has 0 aromatic rings. The van der Waals surface area contributed by atoms with E-state index in [0.717, 1.165) is 5.57 Å². The van der Waals surface area contributed by atoms with Crippen LogP contribution in [0, 0.1) is 0 Å². The van der Waals surface area contributed by atoms with Crippen LogP contribution in [0.15, 0.2) is 35.5 Å². The lowest BCUT2D eigenvalue weighted by Gasteiger charge is -2.02. The van der Waals surface area contributed by atoms with Gasteiger partial charge < -0.3 is 10.5 Å². The van der Waals surface area contributed by atoms with E-state index in [1.807, 2.05) is 19.9 Å². The van der Waals surface area contributed by atoms with Crippen molar-refractivity contribution in [2.45, 2.75) is 13.8 Å². The molecule has 0 atom stereocenters. The SMILES string of the molecule is C\C=C/C(C(=O)OC)=C(C)\C=C\CN. The lowest BCUT2D eigenvalue weighted by Crippen LogP contribution is -2.04. The first-order valence-corrected chi connectivity index (χ1v) is 4.45. The molecule has 0 fully saturated rings. The van der Waals surface area contributed by atoms with E-state index in [-0.39, 0.29) is 5.97 Å². The lowest BCUT2D eigenvalue weighted by molar-refractivity contribution is -0.135. The fourth-order valence-electron chi connectivity index (χ4n) is 0.972. The average Bonchev–Trinajstić information content (AvgIpc) is 2.21. The Hall–Kier alpha value is -1.35. The topological polar surface area (TPSA) is 52.3 Å². The van der Waals surface area contributed by atoms with Gasteiger partial charge in [-0.15, -0.1) is 0 Å². The van der Waals surface area contributed by atoms with Crippen LogP contribution in [0.2, 0.25) is 0 Å². The fourth-order valence-corrected chi connectivity index (χ4v) is 0.972. The summed E-state index contributed by atoms with van der Waals surface area (Å²) in [5, 5.41) is 0. The first-order valence-electron chi connectivity index (χ1n) is 4.45. The molecule has 3 heteroatoms. The fraction of sp³-hybridized carbons (Fsp3) is 0.364. The van der Waals surface area contributed by atoms with Gasteiger partial charge in [0.05, 0.1) is 12.7 Å². The number of allylic oxidation sites excluding steroid dienone is 3. The molecule has 0 heterocycles. The molecule has 0 aliphatic heterocycles. The molecule has 0 unspecified atom stereocenters. The van der Waals surface area contributed by atoms with Crippen molar-refractivity contribution in [1.29, 1.82) is 0 Å². The summed E-state index contributed by atoms with van der Waals surface area (Å²) in [6.45, 7) is 4.16. The second-order valence-electron chi connectivity index (χ2n) is 2.73. The van der Waals surface area contributed by atoms with Gasteiger partial charge in [-0.2, -0.15) is 0 Å². The van der Waals surface area contributed by atoms with Crippen LogP contribution in [0.1, 0.15) is 13.8 Å². The van der Waals surface area contributed by atoms with Gasteiger partial charge >= 0.3 is 5.97 Å². The molecular formula is C11H17NO2. The van der Waals surface area contributed by atoms with Crippen LogP contribution in [0.3, 0.4) is 0 Å². The minimum Gasteiger partial charge on any atom is -0.465 e. The van der Waals surface area contributed by atoms with Gasteiger partial charge in [0.2, 0.25) is 0 Å². The van der Waals surface area contributed by atoms with E-state index in [1.54, 1.807) is 18.2 Å². The Morgan fingerprint density at radius 3 is 2.50 bits per heavy atom. The van der Waals surface area contributed by atoms with E-state index in [1.165, 1.54) is 7.11 Å². The molecule has 2 N–H and O–H groups in total. The Labute approximate surface area is 84.9 Å². The number of esters is 1. The van der Waals surface area contributed by atoms with Gasteiger partial charge in [0.1, 0.15) is 0 Å². The molecule has 14 heavy (non-hydrogen) atoms. The van der Waals surface area contributed by atoms with Crippen LogP contribution < -0.4 is 5.73 Å². The highest BCUT2D eigenvalue weighted by Gasteiger charge is 2.07. The zero-order valence-electron chi connectivity index (χ0n) is 8.91. The minimum absolute atomic E-state index is 0.331. The maximum atomic E-state index is 11.3. The molecule has 3 nitrogen and oxygen atoms in total. The molecule has 0 saturated heterocycles. The summed E-state index contributed by atoms with van der Waals surface area (Å²) < 4.78 is 4.65. The van der Waals surface area contributed by atoms with Crippen molar-refractivity contribution < 1.29 is 9.53 Å². The largest absolute Gasteiger partial charge is 0.465 e. The van der Waals surface area contributed by atoms with Gasteiger partial charge in [-0.25, -0.2) is 4.79 Å². The quantitative estimate of drug-likeness (QED) is 0.421. The van der Waals surface area contributed by atoms with Gasteiger partial charge in [-0.3, -0.25) is 0 Å². The Morgan fingerprint density at radius 1 is 1.43 bits per heavy atom. The second kappa shape index (κ2) is 7.09. The van der Waals surface area contributed by atoms with Crippen molar-refractivity contribution in [2.24, 2.45) is 5.73 Å². The van der Waals surface area contributed by atoms with Gasteiger partial charge in [-0.05, 0) is 19.4 Å². The minimum atomic E-state index is -0.331.